The van der Waals surface area contributed by atoms with E-state index in [1.165, 1.54) is 18.2 Å². The van der Waals surface area contributed by atoms with Gasteiger partial charge >= 0.3 is 0 Å². The predicted molar refractivity (Wildman–Crippen MR) is 72.1 cm³/mol. The Balaban J connectivity index is 2.78. The summed E-state index contributed by atoms with van der Waals surface area (Å²) in [6.07, 6.45) is 2.85. The van der Waals surface area contributed by atoms with Crippen LogP contribution in [0.4, 0.5) is 0 Å². The molecule has 0 aromatic heterocycles. The van der Waals surface area contributed by atoms with Crippen LogP contribution < -0.4 is 4.72 Å². The van der Waals surface area contributed by atoms with Crippen LogP contribution in [-0.4, -0.2) is 20.1 Å². The second kappa shape index (κ2) is 7.09. The Morgan fingerprint density at radius 1 is 1.33 bits per heavy atom. The number of aliphatic hydroxyl groups is 1. The van der Waals surface area contributed by atoms with Crippen LogP contribution in [0.15, 0.2) is 23.1 Å². The molecule has 0 fully saturated rings. The minimum absolute atomic E-state index is 0.132. The lowest BCUT2D eigenvalue weighted by atomic mass is 10.2. The third kappa shape index (κ3) is 4.24. The zero-order chi connectivity index (χ0) is 13.6. The first-order valence-corrected chi connectivity index (χ1v) is 7.76. The average molecular weight is 292 g/mol. The van der Waals surface area contributed by atoms with Gasteiger partial charge in [0.1, 0.15) is 0 Å². The average Bonchev–Trinajstić information content (AvgIpc) is 2.35. The zero-order valence-corrected chi connectivity index (χ0v) is 11.9. The summed E-state index contributed by atoms with van der Waals surface area (Å²) in [4.78, 5) is 0.132. The lowest BCUT2D eigenvalue weighted by Crippen LogP contribution is -2.24. The molecule has 18 heavy (non-hydrogen) atoms. The van der Waals surface area contributed by atoms with Crippen molar-refractivity contribution in [1.29, 1.82) is 0 Å². The maximum absolute atomic E-state index is 11.9. The summed E-state index contributed by atoms with van der Waals surface area (Å²) in [5.74, 6) is 0. The van der Waals surface area contributed by atoms with Gasteiger partial charge in [-0.3, -0.25) is 0 Å². The molecule has 0 spiro atoms. The molecule has 0 atom stereocenters. The fraction of sp³-hybridized carbons (Fsp3) is 0.500. The van der Waals surface area contributed by atoms with Gasteiger partial charge in [-0.15, -0.1) is 0 Å². The van der Waals surface area contributed by atoms with Crippen LogP contribution >= 0.6 is 11.6 Å². The van der Waals surface area contributed by atoms with Crippen LogP contribution in [-0.2, 0) is 16.6 Å². The molecule has 6 heteroatoms. The third-order valence-corrected chi connectivity index (χ3v) is 4.40. The van der Waals surface area contributed by atoms with E-state index in [0.717, 1.165) is 19.3 Å². The largest absolute Gasteiger partial charge is 0.392 e. The van der Waals surface area contributed by atoms with Crippen LogP contribution in [0.3, 0.4) is 0 Å². The highest BCUT2D eigenvalue weighted by molar-refractivity contribution is 7.89. The molecule has 0 unspecified atom stereocenters. The quantitative estimate of drug-likeness (QED) is 0.758. The molecular formula is C12H18ClNO3S. The highest BCUT2D eigenvalue weighted by Crippen LogP contribution is 2.20. The van der Waals surface area contributed by atoms with Gasteiger partial charge in [0.25, 0.3) is 0 Å². The molecule has 102 valence electrons. The van der Waals surface area contributed by atoms with Crippen LogP contribution in [0, 0.1) is 0 Å². The van der Waals surface area contributed by atoms with E-state index < -0.39 is 10.0 Å². The Bertz CT molecular complexity index is 488. The number of nitrogens with one attached hydrogen (secondary N) is 1. The second-order valence-electron chi connectivity index (χ2n) is 4.02. The number of sulfonamides is 1. The van der Waals surface area contributed by atoms with Gasteiger partial charge in [0.15, 0.2) is 0 Å². The maximum Gasteiger partial charge on any atom is 0.240 e. The van der Waals surface area contributed by atoms with Crippen LogP contribution in [0.2, 0.25) is 5.02 Å². The van der Waals surface area contributed by atoms with Gasteiger partial charge in [-0.25, -0.2) is 13.1 Å². The number of hydrogen-bond donors (Lipinski definition) is 2. The molecule has 0 aliphatic rings. The molecule has 0 aliphatic heterocycles. The summed E-state index contributed by atoms with van der Waals surface area (Å²) >= 11 is 5.82. The van der Waals surface area contributed by atoms with E-state index in [2.05, 4.69) is 11.6 Å². The van der Waals surface area contributed by atoms with E-state index in [9.17, 15) is 8.42 Å². The van der Waals surface area contributed by atoms with Crippen LogP contribution in [0.1, 0.15) is 31.7 Å². The van der Waals surface area contributed by atoms with Crippen molar-refractivity contribution in [3.8, 4) is 0 Å². The van der Waals surface area contributed by atoms with E-state index in [0.29, 0.717) is 17.1 Å². The van der Waals surface area contributed by atoms with Gasteiger partial charge < -0.3 is 5.11 Å². The zero-order valence-electron chi connectivity index (χ0n) is 10.3. The first kappa shape index (κ1) is 15.4. The van der Waals surface area contributed by atoms with Gasteiger partial charge in [0, 0.05) is 11.6 Å². The molecule has 1 rings (SSSR count). The summed E-state index contributed by atoms with van der Waals surface area (Å²) in [5, 5.41) is 9.42. The molecule has 2 N–H and O–H groups in total. The lowest BCUT2D eigenvalue weighted by molar-refractivity contribution is 0.281. The van der Waals surface area contributed by atoms with Crippen molar-refractivity contribution in [2.75, 3.05) is 6.54 Å². The van der Waals surface area contributed by atoms with Crippen molar-refractivity contribution >= 4 is 21.6 Å². The molecule has 1 aromatic carbocycles. The fourth-order valence-electron chi connectivity index (χ4n) is 1.50. The number of rotatable bonds is 7. The molecule has 0 saturated carbocycles. The van der Waals surface area contributed by atoms with E-state index in [-0.39, 0.29) is 11.5 Å². The molecular weight excluding hydrogens is 274 g/mol. The Morgan fingerprint density at radius 2 is 2.06 bits per heavy atom. The molecule has 4 nitrogen and oxygen atoms in total. The summed E-state index contributed by atoms with van der Waals surface area (Å²) < 4.78 is 26.4. The molecule has 0 bridgehead atoms. The Hall–Kier alpha value is -0.620. The van der Waals surface area contributed by atoms with Crippen molar-refractivity contribution in [1.82, 2.24) is 4.72 Å². The van der Waals surface area contributed by atoms with Crippen molar-refractivity contribution in [2.45, 2.75) is 37.7 Å². The second-order valence-corrected chi connectivity index (χ2v) is 6.19. The van der Waals surface area contributed by atoms with Gasteiger partial charge in [0.2, 0.25) is 10.0 Å². The molecule has 0 heterocycles. The SMILES string of the molecule is CCCCCNS(=O)(=O)c1ccc(Cl)c(CO)c1. The van der Waals surface area contributed by atoms with E-state index >= 15 is 0 Å². The maximum atomic E-state index is 11.9. The minimum Gasteiger partial charge on any atom is -0.392 e. The number of halogens is 1. The van der Waals surface area contributed by atoms with Gasteiger partial charge in [0.05, 0.1) is 11.5 Å². The standard InChI is InChI=1S/C12H18ClNO3S/c1-2-3-4-7-14-18(16,17)11-5-6-12(13)10(8-11)9-15/h5-6,8,14-15H,2-4,7,9H2,1H3. The van der Waals surface area contributed by atoms with E-state index in [4.69, 9.17) is 16.7 Å². The van der Waals surface area contributed by atoms with Crippen molar-refractivity contribution in [3.05, 3.63) is 28.8 Å². The monoisotopic (exact) mass is 291 g/mol. The normalized spacial score (nSPS) is 11.7. The van der Waals surface area contributed by atoms with Gasteiger partial charge in [-0.05, 0) is 30.2 Å². The van der Waals surface area contributed by atoms with E-state index in [1.807, 2.05) is 0 Å². The van der Waals surface area contributed by atoms with Crippen LogP contribution in [0.25, 0.3) is 0 Å². The summed E-state index contributed by atoms with van der Waals surface area (Å²) in [6, 6.07) is 4.31. The number of benzene rings is 1. The molecule has 0 aliphatic carbocycles. The minimum atomic E-state index is -3.51. The number of hydrogen-bond acceptors (Lipinski definition) is 3. The number of aliphatic hydroxyl groups excluding tert-OH is 1. The Labute approximate surface area is 113 Å². The van der Waals surface area contributed by atoms with Gasteiger partial charge in [-0.1, -0.05) is 31.4 Å². The fourth-order valence-corrected chi connectivity index (χ4v) is 2.81. The van der Waals surface area contributed by atoms with Crippen molar-refractivity contribution in [2.24, 2.45) is 0 Å². The van der Waals surface area contributed by atoms with Crippen molar-refractivity contribution in [3.63, 3.8) is 0 Å². The summed E-state index contributed by atoms with van der Waals surface area (Å²) in [5.41, 5.74) is 0.410. The van der Waals surface area contributed by atoms with Crippen LogP contribution in [0.5, 0.6) is 0 Å². The lowest BCUT2D eigenvalue weighted by Gasteiger charge is -2.08. The van der Waals surface area contributed by atoms with Crippen molar-refractivity contribution < 1.29 is 13.5 Å². The molecule has 0 saturated heterocycles. The highest BCUT2D eigenvalue weighted by Gasteiger charge is 2.14. The van der Waals surface area contributed by atoms with Gasteiger partial charge in [-0.2, -0.15) is 0 Å². The smallest absolute Gasteiger partial charge is 0.240 e. The summed E-state index contributed by atoms with van der Waals surface area (Å²) in [6.45, 7) is 2.20. The first-order valence-electron chi connectivity index (χ1n) is 5.90. The Kier molecular flexibility index (Phi) is 6.08. The third-order valence-electron chi connectivity index (χ3n) is 2.57. The predicted octanol–water partition coefficient (Wildman–Crippen LogP) is 2.30. The Morgan fingerprint density at radius 3 is 2.67 bits per heavy atom. The number of unbranched alkanes of at least 4 members (excludes halogenated alkanes) is 2. The topological polar surface area (TPSA) is 66.4 Å². The van der Waals surface area contributed by atoms with E-state index in [1.54, 1.807) is 0 Å². The molecule has 0 amide bonds. The highest BCUT2D eigenvalue weighted by atomic mass is 35.5. The first-order chi connectivity index (χ1) is 8.51. The molecule has 0 radical (unpaired) electrons. The summed E-state index contributed by atoms with van der Waals surface area (Å²) in [7, 11) is -3.51. The molecule has 1 aromatic rings.